The second-order valence-electron chi connectivity index (χ2n) is 6.51. The van der Waals surface area contributed by atoms with Gasteiger partial charge in [-0.25, -0.2) is 4.98 Å². The molecular formula is C19H20N4O2S. The van der Waals surface area contributed by atoms with Gasteiger partial charge >= 0.3 is 0 Å². The number of piperazine rings is 1. The summed E-state index contributed by atoms with van der Waals surface area (Å²) >= 11 is 1.54. The molecule has 0 spiro atoms. The van der Waals surface area contributed by atoms with Crippen molar-refractivity contribution in [3.63, 3.8) is 0 Å². The van der Waals surface area contributed by atoms with Crippen LogP contribution in [0, 0.1) is 6.92 Å². The van der Waals surface area contributed by atoms with Crippen molar-refractivity contribution < 1.29 is 4.79 Å². The van der Waals surface area contributed by atoms with Crippen molar-refractivity contribution >= 4 is 28.1 Å². The van der Waals surface area contributed by atoms with Gasteiger partial charge in [-0.15, -0.1) is 11.3 Å². The number of thiophene rings is 1. The van der Waals surface area contributed by atoms with E-state index >= 15 is 0 Å². The number of fused-ring (bicyclic) bond motifs is 1. The average molecular weight is 368 g/mol. The van der Waals surface area contributed by atoms with Crippen LogP contribution in [0.15, 0.2) is 41.2 Å². The van der Waals surface area contributed by atoms with Gasteiger partial charge in [0.1, 0.15) is 5.82 Å². The van der Waals surface area contributed by atoms with Gasteiger partial charge in [-0.1, -0.05) is 12.1 Å². The number of aromatic amines is 1. The number of carbonyl (C=O) groups is 1. The standard InChI is InChI=1S/C19H20N4O2S/c1-13-6-7-16(26-13)19(25)23-10-8-22(9-11-23)12-17-20-15-5-3-2-4-14(15)18(24)21-17/h2-7H,8-12H2,1H3,(H,20,21,24). The lowest BCUT2D eigenvalue weighted by Crippen LogP contribution is -2.48. The maximum Gasteiger partial charge on any atom is 0.264 e. The second kappa shape index (κ2) is 7.01. The van der Waals surface area contributed by atoms with Crippen LogP contribution in [-0.4, -0.2) is 51.9 Å². The molecule has 4 rings (SSSR count). The Bertz CT molecular complexity index is 1000. The van der Waals surface area contributed by atoms with Crippen LogP contribution >= 0.6 is 11.3 Å². The number of aromatic nitrogens is 2. The molecule has 3 heterocycles. The van der Waals surface area contributed by atoms with Crippen LogP contribution in [0.4, 0.5) is 0 Å². The molecule has 1 aliphatic heterocycles. The Kier molecular flexibility index (Phi) is 4.57. The van der Waals surface area contributed by atoms with E-state index in [4.69, 9.17) is 0 Å². The number of nitrogens with zero attached hydrogens (tertiary/aromatic N) is 3. The van der Waals surface area contributed by atoms with E-state index in [1.54, 1.807) is 17.4 Å². The number of H-pyrrole nitrogens is 1. The number of para-hydroxylation sites is 1. The number of carbonyl (C=O) groups excluding carboxylic acids is 1. The van der Waals surface area contributed by atoms with E-state index in [9.17, 15) is 9.59 Å². The first-order valence-corrected chi connectivity index (χ1v) is 9.48. The predicted octanol–water partition coefficient (Wildman–Crippen LogP) is 2.25. The van der Waals surface area contributed by atoms with Crippen LogP contribution < -0.4 is 5.56 Å². The number of aryl methyl sites for hydroxylation is 1. The van der Waals surface area contributed by atoms with Gasteiger partial charge in [-0.2, -0.15) is 0 Å². The Morgan fingerprint density at radius 3 is 2.65 bits per heavy atom. The van der Waals surface area contributed by atoms with Gasteiger partial charge in [0.15, 0.2) is 0 Å². The molecule has 0 unspecified atom stereocenters. The molecule has 134 valence electrons. The van der Waals surface area contributed by atoms with Gasteiger partial charge in [0.05, 0.1) is 22.3 Å². The minimum absolute atomic E-state index is 0.104. The first kappa shape index (κ1) is 16.9. The number of nitrogens with one attached hydrogen (secondary N) is 1. The maximum absolute atomic E-state index is 12.5. The molecule has 1 aromatic carbocycles. The molecule has 0 saturated carbocycles. The molecule has 0 aliphatic carbocycles. The van der Waals surface area contributed by atoms with Gasteiger partial charge < -0.3 is 9.88 Å². The number of amides is 1. The van der Waals surface area contributed by atoms with Crippen molar-refractivity contribution in [2.75, 3.05) is 26.2 Å². The highest BCUT2D eigenvalue weighted by Crippen LogP contribution is 2.18. The van der Waals surface area contributed by atoms with Crippen molar-refractivity contribution in [3.05, 3.63) is 62.3 Å². The fourth-order valence-electron chi connectivity index (χ4n) is 3.24. The normalized spacial score (nSPS) is 15.5. The minimum atomic E-state index is -0.104. The fraction of sp³-hybridized carbons (Fsp3) is 0.316. The van der Waals surface area contributed by atoms with Gasteiger partial charge in [0, 0.05) is 31.1 Å². The molecule has 6 nitrogen and oxygen atoms in total. The van der Waals surface area contributed by atoms with E-state index in [1.165, 1.54) is 0 Å². The molecule has 1 fully saturated rings. The molecule has 1 aliphatic rings. The zero-order chi connectivity index (χ0) is 18.1. The molecule has 1 amide bonds. The van der Waals surface area contributed by atoms with E-state index in [2.05, 4.69) is 14.9 Å². The number of hydrogen-bond donors (Lipinski definition) is 1. The lowest BCUT2D eigenvalue weighted by Gasteiger charge is -2.34. The highest BCUT2D eigenvalue weighted by atomic mass is 32.1. The van der Waals surface area contributed by atoms with Crippen molar-refractivity contribution in [3.8, 4) is 0 Å². The van der Waals surface area contributed by atoms with Crippen molar-refractivity contribution in [1.29, 1.82) is 0 Å². The topological polar surface area (TPSA) is 69.3 Å². The summed E-state index contributed by atoms with van der Waals surface area (Å²) in [4.78, 5) is 38.2. The summed E-state index contributed by atoms with van der Waals surface area (Å²) in [5.41, 5.74) is 0.612. The number of benzene rings is 1. The zero-order valence-electron chi connectivity index (χ0n) is 14.6. The Morgan fingerprint density at radius 2 is 1.92 bits per heavy atom. The van der Waals surface area contributed by atoms with Crippen LogP contribution in [-0.2, 0) is 6.54 Å². The Morgan fingerprint density at radius 1 is 1.15 bits per heavy atom. The first-order chi connectivity index (χ1) is 12.6. The van der Waals surface area contributed by atoms with Crippen LogP contribution in [0.25, 0.3) is 10.9 Å². The summed E-state index contributed by atoms with van der Waals surface area (Å²) in [6.07, 6.45) is 0. The van der Waals surface area contributed by atoms with E-state index in [0.717, 1.165) is 22.8 Å². The monoisotopic (exact) mass is 368 g/mol. The molecule has 7 heteroatoms. The molecular weight excluding hydrogens is 348 g/mol. The third-order valence-corrected chi connectivity index (χ3v) is 5.63. The Hall–Kier alpha value is -2.51. The SMILES string of the molecule is Cc1ccc(C(=O)N2CCN(Cc3nc4ccccc4c(=O)[nH]3)CC2)s1. The third-order valence-electron chi connectivity index (χ3n) is 4.65. The van der Waals surface area contributed by atoms with Crippen molar-refractivity contribution in [2.45, 2.75) is 13.5 Å². The Balaban J connectivity index is 1.41. The summed E-state index contributed by atoms with van der Waals surface area (Å²) < 4.78 is 0. The van der Waals surface area contributed by atoms with E-state index < -0.39 is 0 Å². The summed E-state index contributed by atoms with van der Waals surface area (Å²) in [7, 11) is 0. The summed E-state index contributed by atoms with van der Waals surface area (Å²) in [5, 5.41) is 0.609. The van der Waals surface area contributed by atoms with Crippen molar-refractivity contribution in [2.24, 2.45) is 0 Å². The lowest BCUT2D eigenvalue weighted by atomic mass is 10.2. The zero-order valence-corrected chi connectivity index (χ0v) is 15.4. The smallest absolute Gasteiger partial charge is 0.264 e. The maximum atomic E-state index is 12.5. The molecule has 2 aromatic heterocycles. The minimum Gasteiger partial charge on any atom is -0.335 e. The van der Waals surface area contributed by atoms with E-state index in [1.807, 2.05) is 42.2 Å². The highest BCUT2D eigenvalue weighted by molar-refractivity contribution is 7.13. The largest absolute Gasteiger partial charge is 0.335 e. The number of rotatable bonds is 3. The summed E-state index contributed by atoms with van der Waals surface area (Å²) in [6.45, 7) is 5.51. The van der Waals surface area contributed by atoms with Gasteiger partial charge in [0.2, 0.25) is 0 Å². The Labute approximate surface area is 155 Å². The van der Waals surface area contributed by atoms with Crippen molar-refractivity contribution in [1.82, 2.24) is 19.8 Å². The van der Waals surface area contributed by atoms with Crippen LogP contribution in [0.3, 0.4) is 0 Å². The summed E-state index contributed by atoms with van der Waals surface area (Å²) in [5.74, 6) is 0.780. The quantitative estimate of drug-likeness (QED) is 0.770. The second-order valence-corrected chi connectivity index (χ2v) is 7.80. The molecule has 26 heavy (non-hydrogen) atoms. The molecule has 1 saturated heterocycles. The van der Waals surface area contributed by atoms with E-state index in [-0.39, 0.29) is 11.5 Å². The fourth-order valence-corrected chi connectivity index (χ4v) is 4.07. The third kappa shape index (κ3) is 3.40. The predicted molar refractivity (Wildman–Crippen MR) is 103 cm³/mol. The van der Waals surface area contributed by atoms with Crippen LogP contribution in [0.2, 0.25) is 0 Å². The molecule has 1 N–H and O–H groups in total. The molecule has 3 aromatic rings. The van der Waals surface area contributed by atoms with Gasteiger partial charge in [0.25, 0.3) is 11.5 Å². The first-order valence-electron chi connectivity index (χ1n) is 8.66. The molecule has 0 radical (unpaired) electrons. The van der Waals surface area contributed by atoms with E-state index in [0.29, 0.717) is 36.4 Å². The van der Waals surface area contributed by atoms with Crippen LogP contribution in [0.1, 0.15) is 20.4 Å². The van der Waals surface area contributed by atoms with Gasteiger partial charge in [-0.05, 0) is 31.2 Å². The molecule has 0 bridgehead atoms. The highest BCUT2D eigenvalue weighted by Gasteiger charge is 2.23. The average Bonchev–Trinajstić information content (AvgIpc) is 3.08. The lowest BCUT2D eigenvalue weighted by molar-refractivity contribution is 0.0630. The number of hydrogen-bond acceptors (Lipinski definition) is 5. The van der Waals surface area contributed by atoms with Crippen LogP contribution in [0.5, 0.6) is 0 Å². The molecule has 0 atom stereocenters. The van der Waals surface area contributed by atoms with Gasteiger partial charge in [-0.3, -0.25) is 14.5 Å². The summed E-state index contributed by atoms with van der Waals surface area (Å²) in [6, 6.07) is 11.2.